The zero-order valence-electron chi connectivity index (χ0n) is 7.22. The van der Waals surface area contributed by atoms with Gasteiger partial charge in [-0.3, -0.25) is 0 Å². The molecule has 0 saturated carbocycles. The highest BCUT2D eigenvalue weighted by Gasteiger charge is 1.96. The van der Waals surface area contributed by atoms with Crippen molar-refractivity contribution in [1.82, 2.24) is 0 Å². The van der Waals surface area contributed by atoms with Crippen molar-refractivity contribution in [2.45, 2.75) is 33.6 Å². The Balaban J connectivity index is 3.46. The maximum atomic E-state index is 8.77. The van der Waals surface area contributed by atoms with Gasteiger partial charge in [-0.15, -0.1) is 0 Å². The molecule has 0 aromatic carbocycles. The van der Waals surface area contributed by atoms with Crippen LogP contribution < -0.4 is 0 Å². The minimum Gasteiger partial charge on any atom is -0.392 e. The molecule has 0 aromatic heterocycles. The quantitative estimate of drug-likeness (QED) is 0.597. The maximum Gasteiger partial charge on any atom is 0.0641 e. The molecule has 0 radical (unpaired) electrons. The van der Waals surface area contributed by atoms with Gasteiger partial charge in [-0.1, -0.05) is 19.9 Å². The number of hydrogen-bond donors (Lipinski definition) is 1. The van der Waals surface area contributed by atoms with Crippen molar-refractivity contribution in [1.29, 1.82) is 0 Å². The highest BCUT2D eigenvalue weighted by Crippen LogP contribution is 2.10. The van der Waals surface area contributed by atoms with Gasteiger partial charge in [0, 0.05) is 0 Å². The molecule has 0 aliphatic carbocycles. The molecule has 0 heterocycles. The molecule has 0 aromatic rings. The van der Waals surface area contributed by atoms with Crippen molar-refractivity contribution < 1.29 is 5.11 Å². The Kier molecular flexibility index (Phi) is 5.32. The topological polar surface area (TPSA) is 20.2 Å². The molecular weight excluding hydrogens is 124 g/mol. The van der Waals surface area contributed by atoms with Gasteiger partial charge in [-0.05, 0) is 31.3 Å². The molecule has 1 N–H and O–H groups in total. The zero-order chi connectivity index (χ0) is 7.98. The van der Waals surface area contributed by atoms with E-state index in [0.29, 0.717) is 0 Å². The molecular formula is C9H18O. The summed E-state index contributed by atoms with van der Waals surface area (Å²) in [6.07, 6.45) is 4.23. The lowest BCUT2D eigenvalue weighted by Gasteiger charge is -2.05. The molecule has 0 aliphatic heterocycles. The number of allylic oxidation sites excluding steroid dienone is 1. The van der Waals surface area contributed by atoms with Gasteiger partial charge in [0.1, 0.15) is 0 Å². The molecule has 0 amide bonds. The fraction of sp³-hybridized carbons (Fsp3) is 0.778. The molecule has 0 atom stereocenters. The fourth-order valence-corrected chi connectivity index (χ4v) is 0.789. The third-order valence-corrected chi connectivity index (χ3v) is 1.65. The minimum absolute atomic E-state index is 0.225. The second-order valence-electron chi connectivity index (χ2n) is 3.04. The first-order chi connectivity index (χ1) is 4.70. The van der Waals surface area contributed by atoms with Gasteiger partial charge in [-0.2, -0.15) is 0 Å². The van der Waals surface area contributed by atoms with Crippen molar-refractivity contribution in [3.63, 3.8) is 0 Å². The Morgan fingerprint density at radius 3 is 2.40 bits per heavy atom. The molecule has 0 fully saturated rings. The summed E-state index contributed by atoms with van der Waals surface area (Å²) < 4.78 is 0. The van der Waals surface area contributed by atoms with E-state index in [4.69, 9.17) is 5.11 Å². The van der Waals surface area contributed by atoms with Crippen molar-refractivity contribution in [2.24, 2.45) is 5.92 Å². The first-order valence-corrected chi connectivity index (χ1v) is 3.95. The Morgan fingerprint density at radius 1 is 1.50 bits per heavy atom. The van der Waals surface area contributed by atoms with E-state index in [1.165, 1.54) is 6.42 Å². The summed E-state index contributed by atoms with van der Waals surface area (Å²) >= 11 is 0. The summed E-state index contributed by atoms with van der Waals surface area (Å²) in [6.45, 7) is 6.60. The molecule has 60 valence electrons. The van der Waals surface area contributed by atoms with Gasteiger partial charge in [0.25, 0.3) is 0 Å². The van der Waals surface area contributed by atoms with E-state index in [1.54, 1.807) is 0 Å². The molecule has 0 unspecified atom stereocenters. The lowest BCUT2D eigenvalue weighted by Crippen LogP contribution is -1.93. The molecule has 0 saturated heterocycles. The van der Waals surface area contributed by atoms with Gasteiger partial charge in [0.15, 0.2) is 0 Å². The highest BCUT2D eigenvalue weighted by molar-refractivity contribution is 4.99. The van der Waals surface area contributed by atoms with Gasteiger partial charge in [0.05, 0.1) is 6.61 Å². The Hall–Kier alpha value is -0.300. The largest absolute Gasteiger partial charge is 0.392 e. The highest BCUT2D eigenvalue weighted by atomic mass is 16.3. The Bertz CT molecular complexity index is 103. The second kappa shape index (κ2) is 5.48. The third kappa shape index (κ3) is 4.57. The van der Waals surface area contributed by atoms with E-state index >= 15 is 0 Å². The van der Waals surface area contributed by atoms with Crippen LogP contribution in [0.3, 0.4) is 0 Å². The van der Waals surface area contributed by atoms with Crippen molar-refractivity contribution in [2.75, 3.05) is 6.61 Å². The normalized spacial score (nSPS) is 12.7. The predicted octanol–water partition coefficient (Wildman–Crippen LogP) is 2.36. The van der Waals surface area contributed by atoms with Crippen LogP contribution in [0.2, 0.25) is 0 Å². The van der Waals surface area contributed by atoms with Crippen LogP contribution in [0, 0.1) is 5.92 Å². The van der Waals surface area contributed by atoms with Crippen LogP contribution in [0.25, 0.3) is 0 Å². The zero-order valence-corrected chi connectivity index (χ0v) is 7.22. The summed E-state index contributed by atoms with van der Waals surface area (Å²) in [5, 5.41) is 8.77. The molecule has 0 aliphatic rings. The summed E-state index contributed by atoms with van der Waals surface area (Å²) in [4.78, 5) is 0. The average molecular weight is 142 g/mol. The average Bonchev–Trinajstić information content (AvgIpc) is 1.90. The van der Waals surface area contributed by atoms with E-state index in [-0.39, 0.29) is 6.61 Å². The fourth-order valence-electron chi connectivity index (χ4n) is 0.789. The molecule has 0 spiro atoms. The molecule has 0 bridgehead atoms. The van der Waals surface area contributed by atoms with Crippen LogP contribution in [-0.4, -0.2) is 11.7 Å². The minimum atomic E-state index is 0.225. The number of aliphatic hydroxyl groups excluding tert-OH is 1. The van der Waals surface area contributed by atoms with Crippen molar-refractivity contribution in [3.8, 4) is 0 Å². The number of hydrogen-bond acceptors (Lipinski definition) is 1. The van der Waals surface area contributed by atoms with Crippen LogP contribution in [0.1, 0.15) is 33.6 Å². The van der Waals surface area contributed by atoms with Crippen molar-refractivity contribution in [3.05, 3.63) is 11.6 Å². The Labute approximate surface area is 63.8 Å². The molecule has 1 nitrogen and oxygen atoms in total. The number of aliphatic hydroxyl groups is 1. The van der Waals surface area contributed by atoms with Crippen LogP contribution in [0.5, 0.6) is 0 Å². The van der Waals surface area contributed by atoms with E-state index in [1.807, 2.05) is 13.0 Å². The second-order valence-corrected chi connectivity index (χ2v) is 3.04. The summed E-state index contributed by atoms with van der Waals surface area (Å²) in [5.41, 5.74) is 1.16. The number of rotatable bonds is 4. The van der Waals surface area contributed by atoms with Gasteiger partial charge in [0.2, 0.25) is 0 Å². The van der Waals surface area contributed by atoms with E-state index in [2.05, 4.69) is 13.8 Å². The van der Waals surface area contributed by atoms with Gasteiger partial charge < -0.3 is 5.11 Å². The molecule has 0 rings (SSSR count). The first kappa shape index (κ1) is 9.70. The molecule has 10 heavy (non-hydrogen) atoms. The van der Waals surface area contributed by atoms with Gasteiger partial charge in [-0.25, -0.2) is 0 Å². The van der Waals surface area contributed by atoms with E-state index in [9.17, 15) is 0 Å². The lowest BCUT2D eigenvalue weighted by molar-refractivity contribution is 0.323. The molecule has 1 heteroatoms. The monoisotopic (exact) mass is 142 g/mol. The van der Waals surface area contributed by atoms with Crippen LogP contribution in [-0.2, 0) is 0 Å². The predicted molar refractivity (Wildman–Crippen MR) is 44.9 cm³/mol. The van der Waals surface area contributed by atoms with E-state index < -0.39 is 0 Å². The van der Waals surface area contributed by atoms with Crippen LogP contribution in [0.15, 0.2) is 11.6 Å². The van der Waals surface area contributed by atoms with E-state index in [0.717, 1.165) is 17.9 Å². The first-order valence-electron chi connectivity index (χ1n) is 3.95. The SMILES string of the molecule is C/C=C(/CO)CCC(C)C. The maximum absolute atomic E-state index is 8.77. The lowest BCUT2D eigenvalue weighted by atomic mass is 10.0. The third-order valence-electron chi connectivity index (χ3n) is 1.65. The summed E-state index contributed by atoms with van der Waals surface area (Å²) in [5.74, 6) is 0.737. The van der Waals surface area contributed by atoms with Crippen LogP contribution in [0.4, 0.5) is 0 Å². The summed E-state index contributed by atoms with van der Waals surface area (Å²) in [6, 6.07) is 0. The Morgan fingerprint density at radius 2 is 2.10 bits per heavy atom. The summed E-state index contributed by atoms with van der Waals surface area (Å²) in [7, 11) is 0. The van der Waals surface area contributed by atoms with Crippen LogP contribution >= 0.6 is 0 Å². The van der Waals surface area contributed by atoms with Gasteiger partial charge >= 0.3 is 0 Å². The standard InChI is InChI=1S/C9H18O/c1-4-9(7-10)6-5-8(2)3/h4,8,10H,5-7H2,1-3H3/b9-4+. The van der Waals surface area contributed by atoms with Crippen molar-refractivity contribution >= 4 is 0 Å². The smallest absolute Gasteiger partial charge is 0.0641 e.